The molecule has 0 aliphatic heterocycles. The highest BCUT2D eigenvalue weighted by Crippen LogP contribution is 2.28. The summed E-state index contributed by atoms with van der Waals surface area (Å²) in [6, 6.07) is 2.49. The molecule has 0 radical (unpaired) electrons. The lowest BCUT2D eigenvalue weighted by Crippen LogP contribution is -2.38. The molecule has 3 heteroatoms. The Morgan fingerprint density at radius 3 is 2.50 bits per heavy atom. The molecule has 1 fully saturated rings. The lowest BCUT2D eigenvalue weighted by atomic mass is 9.99. The minimum Gasteiger partial charge on any atom is -0.392 e. The number of aliphatic hydroxyl groups excluding tert-OH is 1. The Labute approximate surface area is 99.1 Å². The summed E-state index contributed by atoms with van der Waals surface area (Å²) < 4.78 is 0. The number of aliphatic hydroxyl groups is 1. The fraction of sp³-hybridized carbons (Fsp3) is 0.923. The topological polar surface area (TPSA) is 47.3 Å². The Hall–Kier alpha value is -0.590. The third-order valence-corrected chi connectivity index (χ3v) is 3.53. The van der Waals surface area contributed by atoms with Gasteiger partial charge in [-0.3, -0.25) is 4.90 Å². The van der Waals surface area contributed by atoms with Crippen molar-refractivity contribution in [3.8, 4) is 6.07 Å². The molecular weight excluding hydrogens is 200 g/mol. The predicted molar refractivity (Wildman–Crippen MR) is 64.9 cm³/mol. The van der Waals surface area contributed by atoms with Crippen molar-refractivity contribution < 1.29 is 5.11 Å². The minimum absolute atomic E-state index is 0.265. The Balaban J connectivity index is 2.29. The third-order valence-electron chi connectivity index (χ3n) is 3.53. The summed E-state index contributed by atoms with van der Waals surface area (Å²) in [5.74, 6) is 0.714. The van der Waals surface area contributed by atoms with Crippen LogP contribution in [0.15, 0.2) is 0 Å². The van der Waals surface area contributed by atoms with E-state index in [1.807, 2.05) is 4.90 Å². The van der Waals surface area contributed by atoms with Crippen LogP contribution in [0.2, 0.25) is 0 Å². The molecule has 1 rings (SSSR count). The van der Waals surface area contributed by atoms with Crippen LogP contribution in [0.4, 0.5) is 0 Å². The average Bonchev–Trinajstić information content (AvgIpc) is 2.69. The Bertz CT molecular complexity index is 229. The lowest BCUT2D eigenvalue weighted by Gasteiger charge is -2.27. The van der Waals surface area contributed by atoms with E-state index in [0.717, 1.165) is 6.42 Å². The first-order valence-electron chi connectivity index (χ1n) is 6.42. The first kappa shape index (κ1) is 13.5. The van der Waals surface area contributed by atoms with Crippen LogP contribution < -0.4 is 0 Å². The van der Waals surface area contributed by atoms with E-state index < -0.39 is 0 Å². The first-order valence-corrected chi connectivity index (χ1v) is 6.42. The van der Waals surface area contributed by atoms with E-state index in [1.54, 1.807) is 0 Å². The molecule has 3 nitrogen and oxygen atoms in total. The van der Waals surface area contributed by atoms with Gasteiger partial charge in [0.2, 0.25) is 0 Å². The van der Waals surface area contributed by atoms with Gasteiger partial charge in [0.05, 0.1) is 18.7 Å². The molecule has 0 amide bonds. The van der Waals surface area contributed by atoms with Crippen LogP contribution in [0.1, 0.15) is 46.0 Å². The summed E-state index contributed by atoms with van der Waals surface area (Å²) in [5, 5.41) is 18.7. The first-order chi connectivity index (χ1) is 7.63. The van der Waals surface area contributed by atoms with Gasteiger partial charge in [-0.25, -0.2) is 0 Å². The van der Waals surface area contributed by atoms with Crippen molar-refractivity contribution in [3.63, 3.8) is 0 Å². The van der Waals surface area contributed by atoms with Gasteiger partial charge >= 0.3 is 0 Å². The highest BCUT2D eigenvalue weighted by Gasteiger charge is 2.21. The molecular formula is C13H24N2O. The van der Waals surface area contributed by atoms with Crippen LogP contribution >= 0.6 is 0 Å². The molecule has 0 heterocycles. The molecule has 0 saturated heterocycles. The van der Waals surface area contributed by atoms with Crippen LogP contribution in [0.3, 0.4) is 0 Å². The second kappa shape index (κ2) is 6.88. The van der Waals surface area contributed by atoms with Gasteiger partial charge in [-0.15, -0.1) is 0 Å². The molecule has 1 unspecified atom stereocenters. The molecule has 92 valence electrons. The molecule has 0 aromatic rings. The standard InChI is InChI=1S/C13H24N2O/c1-11(2)15(8-7-14)10-13(16)9-12-5-3-4-6-12/h11-13,16H,3-6,8-10H2,1-2H3. The van der Waals surface area contributed by atoms with Gasteiger partial charge in [-0.1, -0.05) is 25.7 Å². The van der Waals surface area contributed by atoms with E-state index in [0.29, 0.717) is 25.0 Å². The van der Waals surface area contributed by atoms with Crippen molar-refractivity contribution in [2.24, 2.45) is 5.92 Å². The van der Waals surface area contributed by atoms with Crippen molar-refractivity contribution in [1.82, 2.24) is 4.90 Å². The maximum atomic E-state index is 10.0. The van der Waals surface area contributed by atoms with E-state index in [1.165, 1.54) is 25.7 Å². The summed E-state index contributed by atoms with van der Waals surface area (Å²) in [6.45, 7) is 5.19. The fourth-order valence-corrected chi connectivity index (χ4v) is 2.52. The monoisotopic (exact) mass is 224 g/mol. The van der Waals surface area contributed by atoms with E-state index >= 15 is 0 Å². The van der Waals surface area contributed by atoms with Gasteiger partial charge in [0.1, 0.15) is 0 Å². The van der Waals surface area contributed by atoms with Crippen molar-refractivity contribution in [3.05, 3.63) is 0 Å². The molecule has 1 aliphatic rings. The molecule has 0 aromatic heterocycles. The minimum atomic E-state index is -0.265. The second-order valence-corrected chi connectivity index (χ2v) is 5.22. The lowest BCUT2D eigenvalue weighted by molar-refractivity contribution is 0.0841. The highest BCUT2D eigenvalue weighted by atomic mass is 16.3. The molecule has 1 N–H and O–H groups in total. The SMILES string of the molecule is CC(C)N(CC#N)CC(O)CC1CCCC1. The van der Waals surface area contributed by atoms with Crippen LogP contribution in [-0.4, -0.2) is 35.2 Å². The van der Waals surface area contributed by atoms with Gasteiger partial charge < -0.3 is 5.11 Å². The normalized spacial score (nSPS) is 19.2. The Morgan fingerprint density at radius 2 is 2.00 bits per heavy atom. The number of rotatable bonds is 6. The van der Waals surface area contributed by atoms with Gasteiger partial charge in [0, 0.05) is 12.6 Å². The fourth-order valence-electron chi connectivity index (χ4n) is 2.52. The van der Waals surface area contributed by atoms with Gasteiger partial charge in [-0.05, 0) is 26.2 Å². The van der Waals surface area contributed by atoms with Crippen LogP contribution in [0, 0.1) is 17.2 Å². The largest absolute Gasteiger partial charge is 0.392 e. The van der Waals surface area contributed by atoms with Gasteiger partial charge in [-0.2, -0.15) is 5.26 Å². The molecule has 0 bridgehead atoms. The van der Waals surface area contributed by atoms with Crippen LogP contribution in [0.5, 0.6) is 0 Å². The zero-order valence-corrected chi connectivity index (χ0v) is 10.5. The van der Waals surface area contributed by atoms with Crippen molar-refractivity contribution in [2.45, 2.75) is 58.1 Å². The summed E-state index contributed by atoms with van der Waals surface area (Å²) in [6.07, 6.45) is 5.84. The van der Waals surface area contributed by atoms with E-state index in [-0.39, 0.29) is 6.10 Å². The maximum absolute atomic E-state index is 10.0. The summed E-state index contributed by atoms with van der Waals surface area (Å²) in [5.41, 5.74) is 0. The molecule has 1 saturated carbocycles. The number of nitriles is 1. The van der Waals surface area contributed by atoms with Crippen molar-refractivity contribution >= 4 is 0 Å². The van der Waals surface area contributed by atoms with Gasteiger partial charge in [0.15, 0.2) is 0 Å². The average molecular weight is 224 g/mol. The predicted octanol–water partition coefficient (Wildman–Crippen LogP) is 2.16. The van der Waals surface area contributed by atoms with Crippen LogP contribution in [-0.2, 0) is 0 Å². The highest BCUT2D eigenvalue weighted by molar-refractivity contribution is 4.81. The van der Waals surface area contributed by atoms with Crippen molar-refractivity contribution in [2.75, 3.05) is 13.1 Å². The quantitative estimate of drug-likeness (QED) is 0.703. The molecule has 0 spiro atoms. The molecule has 16 heavy (non-hydrogen) atoms. The summed E-state index contributed by atoms with van der Waals surface area (Å²) >= 11 is 0. The molecule has 1 atom stereocenters. The zero-order chi connectivity index (χ0) is 12.0. The van der Waals surface area contributed by atoms with E-state index in [4.69, 9.17) is 5.26 Å². The number of nitrogens with zero attached hydrogens (tertiary/aromatic N) is 2. The number of hydrogen-bond donors (Lipinski definition) is 1. The second-order valence-electron chi connectivity index (χ2n) is 5.22. The van der Waals surface area contributed by atoms with Crippen LogP contribution in [0.25, 0.3) is 0 Å². The maximum Gasteiger partial charge on any atom is 0.0869 e. The Morgan fingerprint density at radius 1 is 1.38 bits per heavy atom. The summed E-state index contributed by atoms with van der Waals surface area (Å²) in [7, 11) is 0. The smallest absolute Gasteiger partial charge is 0.0869 e. The Kier molecular flexibility index (Phi) is 5.79. The van der Waals surface area contributed by atoms with Gasteiger partial charge in [0.25, 0.3) is 0 Å². The third kappa shape index (κ3) is 4.51. The molecule has 0 aromatic carbocycles. The summed E-state index contributed by atoms with van der Waals surface area (Å²) in [4.78, 5) is 2.04. The molecule has 1 aliphatic carbocycles. The van der Waals surface area contributed by atoms with Crippen molar-refractivity contribution in [1.29, 1.82) is 5.26 Å². The zero-order valence-electron chi connectivity index (χ0n) is 10.5. The van der Waals surface area contributed by atoms with E-state index in [9.17, 15) is 5.11 Å². The van der Waals surface area contributed by atoms with E-state index in [2.05, 4.69) is 19.9 Å². The number of hydrogen-bond acceptors (Lipinski definition) is 3.